The molecule has 0 aromatic heterocycles. The van der Waals surface area contributed by atoms with Crippen LogP contribution in [0.1, 0.15) is 76.7 Å². The Hall–Kier alpha value is -1.51. The molecule has 3 heteroatoms. The standard InChI is InChI=1S/C22H30BN2/c1-16-20-10-4-2-3-5-11-21(20)22(25-24-16)17-12-14-19(15-13-17)23-18-8-6-7-9-18/h12-15,18,20,25H,2-11H2,1H3. The second-order valence-corrected chi connectivity index (χ2v) is 8.10. The molecule has 1 radical (unpaired) electrons. The number of allylic oxidation sites excluding steroid dienone is 1. The summed E-state index contributed by atoms with van der Waals surface area (Å²) in [6.45, 7) is 2.19. The first kappa shape index (κ1) is 16.9. The van der Waals surface area contributed by atoms with Crippen molar-refractivity contribution in [2.75, 3.05) is 0 Å². The molecule has 0 amide bonds. The zero-order chi connectivity index (χ0) is 17.1. The third-order valence-corrected chi connectivity index (χ3v) is 6.31. The van der Waals surface area contributed by atoms with E-state index in [1.165, 1.54) is 86.6 Å². The van der Waals surface area contributed by atoms with Gasteiger partial charge in [-0.15, -0.1) is 0 Å². The van der Waals surface area contributed by atoms with Crippen molar-refractivity contribution in [2.45, 2.75) is 76.9 Å². The van der Waals surface area contributed by atoms with E-state index in [4.69, 9.17) is 0 Å². The predicted octanol–water partition coefficient (Wildman–Crippen LogP) is 5.04. The molecule has 1 atom stereocenters. The molecular weight excluding hydrogens is 303 g/mol. The molecule has 2 aliphatic carbocycles. The summed E-state index contributed by atoms with van der Waals surface area (Å²) in [4.78, 5) is 0. The molecule has 4 rings (SSSR count). The van der Waals surface area contributed by atoms with Crippen molar-refractivity contribution >= 4 is 24.2 Å². The molecule has 0 spiro atoms. The van der Waals surface area contributed by atoms with Crippen molar-refractivity contribution in [2.24, 2.45) is 11.0 Å². The Kier molecular flexibility index (Phi) is 5.29. The van der Waals surface area contributed by atoms with Crippen LogP contribution in [0.25, 0.3) is 5.70 Å². The summed E-state index contributed by atoms with van der Waals surface area (Å²) in [5.41, 5.74) is 10.2. The van der Waals surface area contributed by atoms with Crippen LogP contribution in [0.2, 0.25) is 5.82 Å². The Bertz CT molecular complexity index is 653. The highest BCUT2D eigenvalue weighted by Crippen LogP contribution is 2.35. The molecule has 2 fully saturated rings. The highest BCUT2D eigenvalue weighted by molar-refractivity contribution is 6.55. The molecule has 1 unspecified atom stereocenters. The fourth-order valence-corrected chi connectivity index (χ4v) is 4.83. The number of hydrazone groups is 1. The average molecular weight is 333 g/mol. The zero-order valence-electron chi connectivity index (χ0n) is 15.6. The van der Waals surface area contributed by atoms with Crippen molar-refractivity contribution in [1.29, 1.82) is 0 Å². The highest BCUT2D eigenvalue weighted by Gasteiger charge is 2.26. The van der Waals surface area contributed by atoms with Gasteiger partial charge in [-0.3, -0.25) is 5.43 Å². The molecule has 1 N–H and O–H groups in total. The Balaban J connectivity index is 1.56. The van der Waals surface area contributed by atoms with E-state index in [1.807, 2.05) is 0 Å². The average Bonchev–Trinajstić information content (AvgIpc) is 3.10. The second-order valence-electron chi connectivity index (χ2n) is 8.10. The SMILES string of the molecule is CC1=NNC(c2ccc([B]C3CCCC3)cc2)=C2CCCCCCC12. The molecule has 0 bridgehead atoms. The summed E-state index contributed by atoms with van der Waals surface area (Å²) >= 11 is 0. The summed E-state index contributed by atoms with van der Waals surface area (Å²) in [6, 6.07) is 9.18. The van der Waals surface area contributed by atoms with Crippen LogP contribution < -0.4 is 10.9 Å². The lowest BCUT2D eigenvalue weighted by Gasteiger charge is -2.30. The normalized spacial score (nSPS) is 24.8. The van der Waals surface area contributed by atoms with Crippen molar-refractivity contribution in [3.8, 4) is 0 Å². The molecular formula is C22H30BN2. The molecule has 25 heavy (non-hydrogen) atoms. The first-order valence-electron chi connectivity index (χ1n) is 10.3. The van der Waals surface area contributed by atoms with E-state index in [-0.39, 0.29) is 0 Å². The highest BCUT2D eigenvalue weighted by atomic mass is 15.3. The summed E-state index contributed by atoms with van der Waals surface area (Å²) in [7, 11) is 2.48. The molecule has 131 valence electrons. The van der Waals surface area contributed by atoms with Gasteiger partial charge < -0.3 is 0 Å². The van der Waals surface area contributed by atoms with Crippen LogP contribution in [-0.2, 0) is 0 Å². The lowest BCUT2D eigenvalue weighted by molar-refractivity contribution is 0.520. The lowest BCUT2D eigenvalue weighted by Crippen LogP contribution is -2.27. The fourth-order valence-electron chi connectivity index (χ4n) is 4.83. The summed E-state index contributed by atoms with van der Waals surface area (Å²) in [5.74, 6) is 1.35. The zero-order valence-corrected chi connectivity index (χ0v) is 15.6. The fraction of sp³-hybridized carbons (Fsp3) is 0.591. The molecule has 2 nitrogen and oxygen atoms in total. The maximum atomic E-state index is 4.65. The van der Waals surface area contributed by atoms with Gasteiger partial charge in [0.2, 0.25) is 0 Å². The third kappa shape index (κ3) is 3.86. The summed E-state index contributed by atoms with van der Waals surface area (Å²) in [5, 5.41) is 4.65. The van der Waals surface area contributed by atoms with Crippen molar-refractivity contribution in [3.05, 3.63) is 35.4 Å². The van der Waals surface area contributed by atoms with Gasteiger partial charge >= 0.3 is 0 Å². The van der Waals surface area contributed by atoms with E-state index >= 15 is 0 Å². The van der Waals surface area contributed by atoms with E-state index in [2.05, 4.69) is 49.0 Å². The van der Waals surface area contributed by atoms with Crippen molar-refractivity contribution < 1.29 is 0 Å². The smallest absolute Gasteiger partial charge is 0.154 e. The van der Waals surface area contributed by atoms with Crippen LogP contribution >= 0.6 is 0 Å². The molecule has 1 heterocycles. The number of rotatable bonds is 3. The molecule has 2 saturated carbocycles. The van der Waals surface area contributed by atoms with Crippen molar-refractivity contribution in [1.82, 2.24) is 5.43 Å². The van der Waals surface area contributed by atoms with Gasteiger partial charge in [0.05, 0.1) is 5.70 Å². The van der Waals surface area contributed by atoms with Crippen LogP contribution in [0.3, 0.4) is 0 Å². The van der Waals surface area contributed by atoms with Crippen molar-refractivity contribution in [3.63, 3.8) is 0 Å². The first-order chi connectivity index (χ1) is 12.3. The van der Waals surface area contributed by atoms with E-state index in [0.29, 0.717) is 5.92 Å². The number of hydrogen-bond acceptors (Lipinski definition) is 2. The van der Waals surface area contributed by atoms with Crippen LogP contribution in [0, 0.1) is 5.92 Å². The van der Waals surface area contributed by atoms with Gasteiger partial charge in [-0.1, -0.05) is 80.5 Å². The minimum atomic E-state index is 0.557. The maximum Gasteiger partial charge on any atom is 0.154 e. The topological polar surface area (TPSA) is 24.4 Å². The summed E-state index contributed by atoms with van der Waals surface area (Å²) in [6.07, 6.45) is 13.4. The minimum absolute atomic E-state index is 0.557. The molecule has 1 aromatic carbocycles. The van der Waals surface area contributed by atoms with Gasteiger partial charge in [-0.05, 0) is 37.3 Å². The van der Waals surface area contributed by atoms with Crippen LogP contribution in [0.4, 0.5) is 0 Å². The molecule has 3 aliphatic rings. The van der Waals surface area contributed by atoms with Crippen LogP contribution in [0.15, 0.2) is 34.9 Å². The van der Waals surface area contributed by atoms with E-state index in [0.717, 1.165) is 5.82 Å². The van der Waals surface area contributed by atoms with Gasteiger partial charge in [0.1, 0.15) is 0 Å². The second kappa shape index (κ2) is 7.80. The molecule has 0 saturated heterocycles. The van der Waals surface area contributed by atoms with Gasteiger partial charge in [-0.2, -0.15) is 5.10 Å². The number of nitrogens with one attached hydrogen (secondary N) is 1. The Morgan fingerprint density at radius 2 is 1.64 bits per heavy atom. The van der Waals surface area contributed by atoms with E-state index in [1.54, 1.807) is 5.57 Å². The molecule has 1 aliphatic heterocycles. The minimum Gasteiger partial charge on any atom is -0.278 e. The quantitative estimate of drug-likeness (QED) is 0.770. The van der Waals surface area contributed by atoms with E-state index < -0.39 is 0 Å². The van der Waals surface area contributed by atoms with E-state index in [9.17, 15) is 0 Å². The Labute approximate surface area is 153 Å². The van der Waals surface area contributed by atoms with Crippen LogP contribution in [-0.4, -0.2) is 13.0 Å². The molecule has 1 aromatic rings. The van der Waals surface area contributed by atoms with Gasteiger partial charge in [0, 0.05) is 11.6 Å². The maximum absolute atomic E-state index is 4.65. The van der Waals surface area contributed by atoms with Gasteiger partial charge in [0.15, 0.2) is 7.28 Å². The number of nitrogens with zero attached hydrogens (tertiary/aromatic N) is 1. The third-order valence-electron chi connectivity index (χ3n) is 6.31. The summed E-state index contributed by atoms with van der Waals surface area (Å²) < 4.78 is 0. The predicted molar refractivity (Wildman–Crippen MR) is 108 cm³/mol. The Morgan fingerprint density at radius 1 is 0.920 bits per heavy atom. The lowest BCUT2D eigenvalue weighted by atomic mass is 9.58. The number of benzene rings is 1. The number of hydrogen-bond donors (Lipinski definition) is 1. The van der Waals surface area contributed by atoms with Crippen LogP contribution in [0.5, 0.6) is 0 Å². The van der Waals surface area contributed by atoms with Gasteiger partial charge in [0.25, 0.3) is 0 Å². The number of fused-ring (bicyclic) bond motifs is 1. The Morgan fingerprint density at radius 3 is 2.44 bits per heavy atom. The monoisotopic (exact) mass is 333 g/mol. The van der Waals surface area contributed by atoms with Gasteiger partial charge in [-0.25, -0.2) is 0 Å². The first-order valence-corrected chi connectivity index (χ1v) is 10.3. The largest absolute Gasteiger partial charge is 0.278 e.